The molecule has 1 aromatic carbocycles. The summed E-state index contributed by atoms with van der Waals surface area (Å²) in [6.45, 7) is 7.43. The highest BCUT2D eigenvalue weighted by atomic mass is 16.4. The summed E-state index contributed by atoms with van der Waals surface area (Å²) in [7, 11) is 0. The van der Waals surface area contributed by atoms with Crippen molar-refractivity contribution in [1.29, 1.82) is 0 Å². The van der Waals surface area contributed by atoms with Crippen LogP contribution in [0.5, 0.6) is 0 Å². The van der Waals surface area contributed by atoms with Gasteiger partial charge in [-0.2, -0.15) is 0 Å². The summed E-state index contributed by atoms with van der Waals surface area (Å²) in [5.41, 5.74) is 1.72. The molecular formula is C20H28N2O4. The highest BCUT2D eigenvalue weighted by Crippen LogP contribution is 2.30. The number of hydrogen-bond donors (Lipinski definition) is 3. The zero-order chi connectivity index (χ0) is 19.5. The molecule has 0 radical (unpaired) electrons. The SMILES string of the molecule is Cc1ccc(NC(=O)C2CCC(C(=O)O)CC2)cc1NC(=O)C(C)(C)C. The molecule has 0 spiro atoms. The molecule has 6 nitrogen and oxygen atoms in total. The van der Waals surface area contributed by atoms with Crippen molar-refractivity contribution < 1.29 is 19.5 Å². The first kappa shape index (κ1) is 19.9. The van der Waals surface area contributed by atoms with Crippen LogP contribution in [0.25, 0.3) is 0 Å². The van der Waals surface area contributed by atoms with Crippen molar-refractivity contribution in [3.63, 3.8) is 0 Å². The first-order valence-electron chi connectivity index (χ1n) is 9.03. The topological polar surface area (TPSA) is 95.5 Å². The van der Waals surface area contributed by atoms with E-state index in [0.717, 1.165) is 5.56 Å². The van der Waals surface area contributed by atoms with Crippen LogP contribution in [0.1, 0.15) is 52.0 Å². The summed E-state index contributed by atoms with van der Waals surface area (Å²) < 4.78 is 0. The van der Waals surface area contributed by atoms with E-state index >= 15 is 0 Å². The number of carbonyl (C=O) groups is 3. The van der Waals surface area contributed by atoms with Crippen molar-refractivity contribution in [2.24, 2.45) is 17.3 Å². The Labute approximate surface area is 154 Å². The maximum Gasteiger partial charge on any atom is 0.306 e. The van der Waals surface area contributed by atoms with Crippen molar-refractivity contribution in [3.05, 3.63) is 23.8 Å². The van der Waals surface area contributed by atoms with Crippen LogP contribution < -0.4 is 10.6 Å². The lowest BCUT2D eigenvalue weighted by Gasteiger charge is -2.25. The van der Waals surface area contributed by atoms with E-state index in [2.05, 4.69) is 10.6 Å². The minimum Gasteiger partial charge on any atom is -0.481 e. The van der Waals surface area contributed by atoms with E-state index in [0.29, 0.717) is 37.1 Å². The maximum absolute atomic E-state index is 12.5. The standard InChI is InChI=1S/C20H28N2O4/c1-12-5-10-15(11-16(12)22-19(26)20(2,3)4)21-17(23)13-6-8-14(9-7-13)18(24)25/h5,10-11,13-14H,6-9H2,1-4H3,(H,21,23)(H,22,26)(H,24,25). The van der Waals surface area contributed by atoms with Crippen LogP contribution in [0, 0.1) is 24.2 Å². The number of aryl methyl sites for hydroxylation is 1. The molecule has 2 rings (SSSR count). The van der Waals surface area contributed by atoms with Crippen molar-refractivity contribution in [2.45, 2.75) is 53.4 Å². The van der Waals surface area contributed by atoms with Crippen LogP contribution in [0.3, 0.4) is 0 Å². The summed E-state index contributed by atoms with van der Waals surface area (Å²) in [6.07, 6.45) is 2.24. The van der Waals surface area contributed by atoms with Gasteiger partial charge >= 0.3 is 5.97 Å². The molecule has 0 aliphatic heterocycles. The second kappa shape index (κ2) is 7.89. The molecule has 1 aromatic rings. The van der Waals surface area contributed by atoms with Gasteiger partial charge in [-0.3, -0.25) is 14.4 Å². The Hall–Kier alpha value is -2.37. The molecule has 3 N–H and O–H groups in total. The molecule has 0 heterocycles. The fourth-order valence-electron chi connectivity index (χ4n) is 2.99. The quantitative estimate of drug-likeness (QED) is 0.761. The number of carbonyl (C=O) groups excluding carboxylic acids is 2. The molecule has 0 saturated heterocycles. The number of carboxylic acids is 1. The van der Waals surface area contributed by atoms with E-state index in [4.69, 9.17) is 5.11 Å². The number of aliphatic carboxylic acids is 1. The summed E-state index contributed by atoms with van der Waals surface area (Å²) in [5, 5.41) is 14.9. The van der Waals surface area contributed by atoms with Gasteiger partial charge in [0.15, 0.2) is 0 Å². The predicted octanol–water partition coefficient (Wildman–Crippen LogP) is 3.81. The number of nitrogens with one attached hydrogen (secondary N) is 2. The lowest BCUT2D eigenvalue weighted by atomic mass is 9.81. The normalized spacial score (nSPS) is 20.3. The lowest BCUT2D eigenvalue weighted by molar-refractivity contribution is -0.143. The minimum absolute atomic E-state index is 0.0870. The molecular weight excluding hydrogens is 332 g/mol. The van der Waals surface area contributed by atoms with Gasteiger partial charge in [-0.25, -0.2) is 0 Å². The zero-order valence-corrected chi connectivity index (χ0v) is 15.9. The van der Waals surface area contributed by atoms with Gasteiger partial charge in [0.1, 0.15) is 0 Å². The van der Waals surface area contributed by atoms with Crippen molar-refractivity contribution in [3.8, 4) is 0 Å². The fraction of sp³-hybridized carbons (Fsp3) is 0.550. The highest BCUT2D eigenvalue weighted by molar-refractivity contribution is 5.97. The number of carboxylic acid groups (broad SMARTS) is 1. The first-order chi connectivity index (χ1) is 12.1. The molecule has 0 bridgehead atoms. The van der Waals surface area contributed by atoms with E-state index in [-0.39, 0.29) is 23.7 Å². The van der Waals surface area contributed by atoms with Gasteiger partial charge < -0.3 is 15.7 Å². The zero-order valence-electron chi connectivity index (χ0n) is 15.9. The van der Waals surface area contributed by atoms with E-state index < -0.39 is 11.4 Å². The number of rotatable bonds is 4. The molecule has 0 unspecified atom stereocenters. The summed E-state index contributed by atoms with van der Waals surface area (Å²) in [6, 6.07) is 5.43. The number of amides is 2. The van der Waals surface area contributed by atoms with Crippen LogP contribution >= 0.6 is 0 Å². The smallest absolute Gasteiger partial charge is 0.306 e. The molecule has 0 aromatic heterocycles. The molecule has 2 amide bonds. The average Bonchev–Trinajstić information content (AvgIpc) is 2.57. The van der Waals surface area contributed by atoms with Crippen LogP contribution in [-0.2, 0) is 14.4 Å². The van der Waals surface area contributed by atoms with Gasteiger partial charge in [0.25, 0.3) is 0 Å². The van der Waals surface area contributed by atoms with Crippen LogP contribution in [0.2, 0.25) is 0 Å². The van der Waals surface area contributed by atoms with Crippen molar-refractivity contribution in [1.82, 2.24) is 0 Å². The number of anilines is 2. The van der Waals surface area contributed by atoms with Gasteiger partial charge in [0.2, 0.25) is 11.8 Å². The third-order valence-electron chi connectivity index (χ3n) is 4.88. The Balaban J connectivity index is 2.01. The molecule has 1 aliphatic carbocycles. The second-order valence-corrected chi connectivity index (χ2v) is 8.11. The molecule has 1 saturated carbocycles. The average molecular weight is 360 g/mol. The Morgan fingerprint density at radius 3 is 2.12 bits per heavy atom. The molecule has 6 heteroatoms. The molecule has 0 atom stereocenters. The van der Waals surface area contributed by atoms with Gasteiger partial charge in [-0.05, 0) is 50.3 Å². The fourth-order valence-corrected chi connectivity index (χ4v) is 2.99. The van der Waals surface area contributed by atoms with Crippen molar-refractivity contribution >= 4 is 29.2 Å². The largest absolute Gasteiger partial charge is 0.481 e. The molecule has 1 fully saturated rings. The molecule has 26 heavy (non-hydrogen) atoms. The minimum atomic E-state index is -0.776. The monoisotopic (exact) mass is 360 g/mol. The number of hydrogen-bond acceptors (Lipinski definition) is 3. The highest BCUT2D eigenvalue weighted by Gasteiger charge is 2.29. The van der Waals surface area contributed by atoms with E-state index in [1.807, 2.05) is 39.8 Å². The Morgan fingerprint density at radius 2 is 1.58 bits per heavy atom. The van der Waals surface area contributed by atoms with Crippen molar-refractivity contribution in [2.75, 3.05) is 10.6 Å². The Bertz CT molecular complexity index is 698. The van der Waals surface area contributed by atoms with Crippen LogP contribution in [0.15, 0.2) is 18.2 Å². The van der Waals surface area contributed by atoms with E-state index in [1.54, 1.807) is 6.07 Å². The third-order valence-corrected chi connectivity index (χ3v) is 4.88. The van der Waals surface area contributed by atoms with Gasteiger partial charge in [0.05, 0.1) is 5.92 Å². The maximum atomic E-state index is 12.5. The second-order valence-electron chi connectivity index (χ2n) is 8.11. The third kappa shape index (κ3) is 5.07. The summed E-state index contributed by atoms with van der Waals surface area (Å²) in [4.78, 5) is 35.7. The molecule has 1 aliphatic rings. The van der Waals surface area contributed by atoms with E-state index in [1.165, 1.54) is 0 Å². The summed E-state index contributed by atoms with van der Waals surface area (Å²) >= 11 is 0. The van der Waals surface area contributed by atoms with Gasteiger partial charge in [-0.1, -0.05) is 26.8 Å². The Kier molecular flexibility index (Phi) is 6.05. The lowest BCUT2D eigenvalue weighted by Crippen LogP contribution is -2.30. The first-order valence-corrected chi connectivity index (χ1v) is 9.03. The molecule has 142 valence electrons. The van der Waals surface area contributed by atoms with Gasteiger partial charge in [-0.15, -0.1) is 0 Å². The van der Waals surface area contributed by atoms with Gasteiger partial charge in [0, 0.05) is 22.7 Å². The predicted molar refractivity (Wildman–Crippen MR) is 101 cm³/mol. The summed E-state index contributed by atoms with van der Waals surface area (Å²) in [5.74, 6) is -1.46. The van der Waals surface area contributed by atoms with Crippen LogP contribution in [-0.4, -0.2) is 22.9 Å². The van der Waals surface area contributed by atoms with Crippen LogP contribution in [0.4, 0.5) is 11.4 Å². The van der Waals surface area contributed by atoms with E-state index in [9.17, 15) is 14.4 Å². The Morgan fingerprint density at radius 1 is 1.00 bits per heavy atom. The number of benzene rings is 1.